The molecule has 0 amide bonds. The Bertz CT molecular complexity index is 1220. The monoisotopic (exact) mass is 392 g/mol. The van der Waals surface area contributed by atoms with Gasteiger partial charge in [-0.3, -0.25) is 14.5 Å². The minimum Gasteiger partial charge on any atom is -0.373 e. The van der Waals surface area contributed by atoms with E-state index in [1.165, 1.54) is 16.5 Å². The van der Waals surface area contributed by atoms with Crippen molar-refractivity contribution in [2.75, 3.05) is 6.61 Å². The molecule has 2 atom stereocenters. The lowest BCUT2D eigenvalue weighted by atomic mass is 9.99. The number of hydrogen-bond acceptors (Lipinski definition) is 7. The Labute approximate surface area is 165 Å². The van der Waals surface area contributed by atoms with Gasteiger partial charge in [0.25, 0.3) is 5.56 Å². The van der Waals surface area contributed by atoms with Crippen molar-refractivity contribution >= 4 is 11.0 Å². The SMILES string of the molecule is Cc1ccc([C@H]2C[C@H](c3noc(Cn4cnc5n[nH]c(C)c5c4=O)n3)CO2)cc1. The first kappa shape index (κ1) is 17.7. The minimum absolute atomic E-state index is 0.0286. The summed E-state index contributed by atoms with van der Waals surface area (Å²) in [5, 5.41) is 11.4. The summed E-state index contributed by atoms with van der Waals surface area (Å²) in [6, 6.07) is 8.36. The molecule has 0 spiro atoms. The summed E-state index contributed by atoms with van der Waals surface area (Å²) in [5.74, 6) is 1.03. The number of rotatable bonds is 4. The van der Waals surface area contributed by atoms with Crippen LogP contribution in [0.25, 0.3) is 11.0 Å². The number of aromatic nitrogens is 6. The molecular weight excluding hydrogens is 372 g/mol. The van der Waals surface area contributed by atoms with Crippen LogP contribution >= 0.6 is 0 Å². The predicted molar refractivity (Wildman–Crippen MR) is 104 cm³/mol. The molecule has 148 valence electrons. The molecule has 1 fully saturated rings. The lowest BCUT2D eigenvalue weighted by Gasteiger charge is -2.09. The number of nitrogens with zero attached hydrogens (tertiary/aromatic N) is 5. The fourth-order valence-electron chi connectivity index (χ4n) is 3.66. The zero-order valence-electron chi connectivity index (χ0n) is 16.1. The van der Waals surface area contributed by atoms with Gasteiger partial charge in [-0.2, -0.15) is 10.1 Å². The fourth-order valence-corrected chi connectivity index (χ4v) is 3.66. The van der Waals surface area contributed by atoms with Crippen molar-refractivity contribution < 1.29 is 9.26 Å². The van der Waals surface area contributed by atoms with Gasteiger partial charge in [-0.05, 0) is 25.8 Å². The Hall–Kier alpha value is -3.33. The largest absolute Gasteiger partial charge is 0.373 e. The van der Waals surface area contributed by atoms with Gasteiger partial charge in [0.1, 0.15) is 18.3 Å². The summed E-state index contributed by atoms with van der Waals surface area (Å²) in [6.45, 7) is 4.56. The standard InChI is InChI=1S/C20H20N6O3/c1-11-3-5-13(6-4-11)15-7-14(9-28-15)18-22-16(29-25-18)8-26-10-21-19-17(20(26)27)12(2)23-24-19/h3-6,10,14-15H,7-9H2,1-2H3,(H,23,24)/t14-,15+/m0/s1. The first-order valence-corrected chi connectivity index (χ1v) is 9.49. The Balaban J connectivity index is 1.32. The molecule has 29 heavy (non-hydrogen) atoms. The Morgan fingerprint density at radius 1 is 1.24 bits per heavy atom. The smallest absolute Gasteiger partial charge is 0.265 e. The predicted octanol–water partition coefficient (Wildman–Crippen LogP) is 2.41. The van der Waals surface area contributed by atoms with Crippen LogP contribution in [0, 0.1) is 13.8 Å². The molecule has 1 aliphatic heterocycles. The van der Waals surface area contributed by atoms with Gasteiger partial charge in [-0.25, -0.2) is 4.98 Å². The van der Waals surface area contributed by atoms with E-state index in [0.717, 1.165) is 12.0 Å². The van der Waals surface area contributed by atoms with Crippen molar-refractivity contribution in [2.24, 2.45) is 0 Å². The molecule has 3 aromatic heterocycles. The molecule has 1 aromatic carbocycles. The Morgan fingerprint density at radius 2 is 2.07 bits per heavy atom. The van der Waals surface area contributed by atoms with Gasteiger partial charge in [0.05, 0.1) is 12.7 Å². The topological polar surface area (TPSA) is 112 Å². The maximum absolute atomic E-state index is 12.7. The third-order valence-corrected chi connectivity index (χ3v) is 5.32. The number of H-pyrrole nitrogens is 1. The molecule has 0 saturated carbocycles. The van der Waals surface area contributed by atoms with Crippen LogP contribution in [0.2, 0.25) is 0 Å². The van der Waals surface area contributed by atoms with E-state index in [1.807, 2.05) is 0 Å². The van der Waals surface area contributed by atoms with Crippen LogP contribution in [0.15, 0.2) is 39.9 Å². The van der Waals surface area contributed by atoms with Crippen molar-refractivity contribution in [1.29, 1.82) is 0 Å². The van der Waals surface area contributed by atoms with Crippen molar-refractivity contribution in [2.45, 2.75) is 38.8 Å². The third kappa shape index (κ3) is 3.23. The second kappa shape index (κ2) is 6.93. The summed E-state index contributed by atoms with van der Waals surface area (Å²) in [6.07, 6.45) is 2.27. The van der Waals surface area contributed by atoms with Gasteiger partial charge < -0.3 is 9.26 Å². The average molecular weight is 392 g/mol. The molecule has 1 aliphatic rings. The van der Waals surface area contributed by atoms with Gasteiger partial charge in [0, 0.05) is 11.6 Å². The quantitative estimate of drug-likeness (QED) is 0.567. The van der Waals surface area contributed by atoms with Gasteiger partial charge in [0.15, 0.2) is 11.5 Å². The number of nitrogens with one attached hydrogen (secondary N) is 1. The van der Waals surface area contributed by atoms with E-state index in [2.05, 4.69) is 56.5 Å². The number of aryl methyl sites for hydroxylation is 2. The van der Waals surface area contributed by atoms with E-state index in [-0.39, 0.29) is 24.1 Å². The zero-order valence-corrected chi connectivity index (χ0v) is 16.1. The summed E-state index contributed by atoms with van der Waals surface area (Å²) >= 11 is 0. The number of fused-ring (bicyclic) bond motifs is 1. The van der Waals surface area contributed by atoms with E-state index in [1.54, 1.807) is 6.92 Å². The highest BCUT2D eigenvalue weighted by Gasteiger charge is 2.31. The molecule has 4 heterocycles. The van der Waals surface area contributed by atoms with Gasteiger partial charge >= 0.3 is 0 Å². The second-order valence-electron chi connectivity index (χ2n) is 7.44. The fraction of sp³-hybridized carbons (Fsp3) is 0.350. The van der Waals surface area contributed by atoms with Gasteiger partial charge in [0.2, 0.25) is 5.89 Å². The normalized spacial score (nSPS) is 19.2. The number of hydrogen-bond donors (Lipinski definition) is 1. The Morgan fingerprint density at radius 3 is 2.90 bits per heavy atom. The molecule has 0 radical (unpaired) electrons. The molecule has 9 nitrogen and oxygen atoms in total. The lowest BCUT2D eigenvalue weighted by Crippen LogP contribution is -2.21. The highest BCUT2D eigenvalue weighted by Crippen LogP contribution is 2.37. The molecular formula is C20H20N6O3. The zero-order chi connectivity index (χ0) is 20.0. The summed E-state index contributed by atoms with van der Waals surface area (Å²) < 4.78 is 12.8. The van der Waals surface area contributed by atoms with Crippen LogP contribution in [0.1, 0.15) is 47.0 Å². The van der Waals surface area contributed by atoms with Crippen molar-refractivity contribution in [1.82, 2.24) is 29.9 Å². The van der Waals surface area contributed by atoms with Gasteiger partial charge in [-0.1, -0.05) is 35.0 Å². The molecule has 4 aromatic rings. The van der Waals surface area contributed by atoms with Crippen LogP contribution in [0.3, 0.4) is 0 Å². The average Bonchev–Trinajstić information content (AvgIpc) is 3.45. The first-order chi connectivity index (χ1) is 14.1. The third-order valence-electron chi connectivity index (χ3n) is 5.32. The van der Waals surface area contributed by atoms with Gasteiger partial charge in [-0.15, -0.1) is 0 Å². The van der Waals surface area contributed by atoms with E-state index < -0.39 is 0 Å². The first-order valence-electron chi connectivity index (χ1n) is 9.49. The maximum Gasteiger partial charge on any atom is 0.265 e. The summed E-state index contributed by atoms with van der Waals surface area (Å²) in [7, 11) is 0. The molecule has 1 saturated heterocycles. The minimum atomic E-state index is -0.190. The lowest BCUT2D eigenvalue weighted by molar-refractivity contribution is 0.110. The van der Waals surface area contributed by atoms with E-state index in [9.17, 15) is 4.79 Å². The van der Waals surface area contributed by atoms with Crippen LogP contribution in [-0.4, -0.2) is 36.5 Å². The van der Waals surface area contributed by atoms with Crippen LogP contribution in [0.4, 0.5) is 0 Å². The van der Waals surface area contributed by atoms with Crippen molar-refractivity contribution in [3.8, 4) is 0 Å². The number of ether oxygens (including phenoxy) is 1. The van der Waals surface area contributed by atoms with Crippen LogP contribution in [0.5, 0.6) is 0 Å². The number of benzene rings is 1. The molecule has 1 N–H and O–H groups in total. The summed E-state index contributed by atoms with van der Waals surface area (Å²) in [5.41, 5.74) is 3.27. The highest BCUT2D eigenvalue weighted by atomic mass is 16.5. The molecule has 9 heteroatoms. The number of aromatic amines is 1. The van der Waals surface area contributed by atoms with Crippen molar-refractivity contribution in [3.63, 3.8) is 0 Å². The van der Waals surface area contributed by atoms with E-state index in [0.29, 0.717) is 35.0 Å². The molecule has 0 unspecified atom stereocenters. The van der Waals surface area contributed by atoms with E-state index in [4.69, 9.17) is 9.26 Å². The van der Waals surface area contributed by atoms with E-state index >= 15 is 0 Å². The Kier molecular flexibility index (Phi) is 4.24. The highest BCUT2D eigenvalue weighted by molar-refractivity contribution is 5.75. The molecule has 5 rings (SSSR count). The van der Waals surface area contributed by atoms with Crippen LogP contribution < -0.4 is 5.56 Å². The molecule has 0 bridgehead atoms. The maximum atomic E-state index is 12.7. The summed E-state index contributed by atoms with van der Waals surface area (Å²) in [4.78, 5) is 21.4. The van der Waals surface area contributed by atoms with Crippen molar-refractivity contribution in [3.05, 3.63) is 69.5 Å². The molecule has 0 aliphatic carbocycles. The second-order valence-corrected chi connectivity index (χ2v) is 7.44. The van der Waals surface area contributed by atoms with Crippen LogP contribution in [-0.2, 0) is 11.3 Å².